The SMILES string of the molecule is CC(C)CC(C)(O)CNCCC(N)=NO. The van der Waals surface area contributed by atoms with E-state index in [1.165, 1.54) is 0 Å². The molecule has 0 aromatic heterocycles. The van der Waals surface area contributed by atoms with Gasteiger partial charge in [-0.3, -0.25) is 0 Å². The molecule has 0 saturated heterocycles. The topological polar surface area (TPSA) is 90.9 Å². The van der Waals surface area contributed by atoms with Gasteiger partial charge in [-0.1, -0.05) is 19.0 Å². The van der Waals surface area contributed by atoms with E-state index in [4.69, 9.17) is 10.9 Å². The van der Waals surface area contributed by atoms with Gasteiger partial charge in [0.15, 0.2) is 0 Å². The molecule has 0 rings (SSSR count). The van der Waals surface area contributed by atoms with Crippen LogP contribution in [0.15, 0.2) is 5.16 Å². The highest BCUT2D eigenvalue weighted by molar-refractivity contribution is 5.79. The molecule has 1 atom stereocenters. The van der Waals surface area contributed by atoms with Crippen LogP contribution in [0.2, 0.25) is 0 Å². The highest BCUT2D eigenvalue weighted by Crippen LogP contribution is 2.14. The molecule has 0 aliphatic heterocycles. The fourth-order valence-corrected chi connectivity index (χ4v) is 1.58. The van der Waals surface area contributed by atoms with Crippen LogP contribution in [-0.2, 0) is 0 Å². The minimum Gasteiger partial charge on any atom is -0.409 e. The summed E-state index contributed by atoms with van der Waals surface area (Å²) in [6, 6.07) is 0. The van der Waals surface area contributed by atoms with Crippen LogP contribution in [0.25, 0.3) is 0 Å². The summed E-state index contributed by atoms with van der Waals surface area (Å²) in [6.45, 7) is 7.08. The van der Waals surface area contributed by atoms with E-state index in [2.05, 4.69) is 24.3 Å². The standard InChI is InChI=1S/C10H23N3O2/c1-8(2)6-10(3,14)7-12-5-4-9(11)13-15/h8,12,14-15H,4-7H2,1-3H3,(H2,11,13). The van der Waals surface area contributed by atoms with E-state index in [0.29, 0.717) is 25.4 Å². The Labute approximate surface area is 91.4 Å². The maximum absolute atomic E-state index is 9.93. The molecule has 0 spiro atoms. The van der Waals surface area contributed by atoms with Crippen LogP contribution in [-0.4, -0.2) is 34.8 Å². The zero-order valence-corrected chi connectivity index (χ0v) is 9.82. The summed E-state index contributed by atoms with van der Waals surface area (Å²) in [4.78, 5) is 0. The van der Waals surface area contributed by atoms with Gasteiger partial charge in [0.05, 0.1) is 5.60 Å². The zero-order chi connectivity index (χ0) is 11.9. The van der Waals surface area contributed by atoms with E-state index in [0.717, 1.165) is 6.42 Å². The quantitative estimate of drug-likeness (QED) is 0.164. The van der Waals surface area contributed by atoms with E-state index < -0.39 is 5.60 Å². The average molecular weight is 217 g/mol. The van der Waals surface area contributed by atoms with Crippen LogP contribution in [0.3, 0.4) is 0 Å². The van der Waals surface area contributed by atoms with Crippen molar-refractivity contribution in [1.29, 1.82) is 0 Å². The van der Waals surface area contributed by atoms with Gasteiger partial charge >= 0.3 is 0 Å². The summed E-state index contributed by atoms with van der Waals surface area (Å²) in [5.74, 6) is 0.664. The molecule has 1 unspecified atom stereocenters. The summed E-state index contributed by atoms with van der Waals surface area (Å²) < 4.78 is 0. The molecule has 0 saturated carbocycles. The van der Waals surface area contributed by atoms with Crippen molar-refractivity contribution in [3.8, 4) is 0 Å². The molecule has 0 bridgehead atoms. The van der Waals surface area contributed by atoms with Gasteiger partial charge in [0.1, 0.15) is 5.84 Å². The molecule has 0 fully saturated rings. The molecule has 0 heterocycles. The van der Waals surface area contributed by atoms with Crippen molar-refractivity contribution in [2.24, 2.45) is 16.8 Å². The Morgan fingerprint density at radius 3 is 2.60 bits per heavy atom. The minimum absolute atomic E-state index is 0.200. The molecular weight excluding hydrogens is 194 g/mol. The second-order valence-electron chi connectivity index (χ2n) is 4.61. The van der Waals surface area contributed by atoms with Crippen LogP contribution in [0.4, 0.5) is 0 Å². The van der Waals surface area contributed by atoms with Gasteiger partial charge in [-0.2, -0.15) is 0 Å². The molecule has 0 radical (unpaired) electrons. The van der Waals surface area contributed by atoms with Crippen LogP contribution in [0.5, 0.6) is 0 Å². The molecule has 0 aromatic rings. The largest absolute Gasteiger partial charge is 0.409 e. The Morgan fingerprint density at radius 2 is 2.13 bits per heavy atom. The van der Waals surface area contributed by atoms with Crippen molar-refractivity contribution in [3.63, 3.8) is 0 Å². The fourth-order valence-electron chi connectivity index (χ4n) is 1.58. The monoisotopic (exact) mass is 217 g/mol. The van der Waals surface area contributed by atoms with Gasteiger partial charge in [-0.15, -0.1) is 0 Å². The van der Waals surface area contributed by atoms with Gasteiger partial charge < -0.3 is 21.4 Å². The number of nitrogens with one attached hydrogen (secondary N) is 1. The van der Waals surface area contributed by atoms with Crippen LogP contribution in [0, 0.1) is 5.92 Å². The third-order valence-electron chi connectivity index (χ3n) is 2.04. The van der Waals surface area contributed by atoms with E-state index >= 15 is 0 Å². The van der Waals surface area contributed by atoms with Crippen LogP contribution in [0.1, 0.15) is 33.6 Å². The summed E-state index contributed by atoms with van der Waals surface area (Å²) in [5.41, 5.74) is 4.61. The third kappa shape index (κ3) is 8.20. The maximum Gasteiger partial charge on any atom is 0.140 e. The fraction of sp³-hybridized carbons (Fsp3) is 0.900. The van der Waals surface area contributed by atoms with Crippen molar-refractivity contribution in [2.75, 3.05) is 13.1 Å². The first-order chi connectivity index (χ1) is 6.87. The van der Waals surface area contributed by atoms with Gasteiger partial charge in [-0.25, -0.2) is 0 Å². The highest BCUT2D eigenvalue weighted by atomic mass is 16.4. The molecule has 0 aliphatic carbocycles. The van der Waals surface area contributed by atoms with Crippen molar-refractivity contribution in [1.82, 2.24) is 5.32 Å². The maximum atomic E-state index is 9.93. The number of hydrogen-bond donors (Lipinski definition) is 4. The predicted molar refractivity (Wildman–Crippen MR) is 61.0 cm³/mol. The zero-order valence-electron chi connectivity index (χ0n) is 9.82. The molecule has 15 heavy (non-hydrogen) atoms. The van der Waals surface area contributed by atoms with E-state index in [9.17, 15) is 5.11 Å². The summed E-state index contributed by atoms with van der Waals surface area (Å²) in [7, 11) is 0. The van der Waals surface area contributed by atoms with Crippen molar-refractivity contribution in [2.45, 2.75) is 39.2 Å². The van der Waals surface area contributed by atoms with Gasteiger partial charge in [0.2, 0.25) is 0 Å². The lowest BCUT2D eigenvalue weighted by molar-refractivity contribution is 0.0390. The highest BCUT2D eigenvalue weighted by Gasteiger charge is 2.20. The summed E-state index contributed by atoms with van der Waals surface area (Å²) >= 11 is 0. The second-order valence-corrected chi connectivity index (χ2v) is 4.61. The lowest BCUT2D eigenvalue weighted by atomic mass is 9.94. The molecule has 0 aromatic carbocycles. The van der Waals surface area contributed by atoms with Gasteiger partial charge in [-0.05, 0) is 19.3 Å². The first-order valence-electron chi connectivity index (χ1n) is 5.27. The minimum atomic E-state index is -0.695. The van der Waals surface area contributed by atoms with Crippen molar-refractivity contribution >= 4 is 5.84 Å². The normalized spacial score (nSPS) is 16.7. The molecule has 0 aliphatic rings. The molecule has 5 heteroatoms. The first-order valence-corrected chi connectivity index (χ1v) is 5.27. The lowest BCUT2D eigenvalue weighted by Gasteiger charge is -2.25. The Kier molecular flexibility index (Phi) is 6.27. The number of nitrogens with two attached hydrogens (primary N) is 1. The summed E-state index contributed by atoms with van der Waals surface area (Å²) in [6.07, 6.45) is 1.23. The third-order valence-corrected chi connectivity index (χ3v) is 2.04. The lowest BCUT2D eigenvalue weighted by Crippen LogP contribution is -2.39. The Bertz CT molecular complexity index is 203. The predicted octanol–water partition coefficient (Wildman–Crippen LogP) is 0.510. The number of amidine groups is 1. The van der Waals surface area contributed by atoms with E-state index in [1.807, 2.05) is 6.92 Å². The molecule has 90 valence electrons. The Balaban J connectivity index is 3.66. The molecule has 5 nitrogen and oxygen atoms in total. The molecule has 5 N–H and O–H groups in total. The molecular formula is C10H23N3O2. The smallest absolute Gasteiger partial charge is 0.140 e. The van der Waals surface area contributed by atoms with Crippen molar-refractivity contribution in [3.05, 3.63) is 0 Å². The number of oxime groups is 1. The van der Waals surface area contributed by atoms with Gasteiger partial charge in [0.25, 0.3) is 0 Å². The van der Waals surface area contributed by atoms with E-state index in [1.54, 1.807) is 0 Å². The Morgan fingerprint density at radius 1 is 1.53 bits per heavy atom. The number of aliphatic hydroxyl groups is 1. The molecule has 0 amide bonds. The van der Waals surface area contributed by atoms with Crippen LogP contribution >= 0.6 is 0 Å². The van der Waals surface area contributed by atoms with E-state index in [-0.39, 0.29) is 5.84 Å². The number of nitrogens with zero attached hydrogens (tertiary/aromatic N) is 1. The van der Waals surface area contributed by atoms with Crippen LogP contribution < -0.4 is 11.1 Å². The number of rotatable bonds is 7. The first kappa shape index (κ1) is 14.2. The summed E-state index contributed by atoms with van der Waals surface area (Å²) in [5, 5.41) is 24.2. The van der Waals surface area contributed by atoms with Gasteiger partial charge in [0, 0.05) is 19.5 Å². The van der Waals surface area contributed by atoms with Crippen molar-refractivity contribution < 1.29 is 10.3 Å². The number of hydrogen-bond acceptors (Lipinski definition) is 4. The second kappa shape index (κ2) is 6.63. The average Bonchev–Trinajstić information content (AvgIpc) is 2.10. The Hall–Kier alpha value is -0.810.